The van der Waals surface area contributed by atoms with Crippen LogP contribution in [0.15, 0.2) is 29.3 Å². The van der Waals surface area contributed by atoms with Gasteiger partial charge in [-0.2, -0.15) is 0 Å². The Balaban J connectivity index is 0.00000312. The smallest absolute Gasteiger partial charge is 0.306 e. The average Bonchev–Trinajstić information content (AvgIpc) is 3.07. The largest absolute Gasteiger partial charge is 0.462 e. The molecule has 1 aromatic rings. The third-order valence-electron chi connectivity index (χ3n) is 4.22. The van der Waals surface area contributed by atoms with E-state index < -0.39 is 0 Å². The second-order valence-corrected chi connectivity index (χ2v) is 6.34. The number of rotatable bonds is 7. The Morgan fingerprint density at radius 1 is 1.28 bits per heavy atom. The Hall–Kier alpha value is -1.31. The van der Waals surface area contributed by atoms with Crippen molar-refractivity contribution in [2.45, 2.75) is 58.1 Å². The van der Waals surface area contributed by atoms with E-state index in [4.69, 9.17) is 4.74 Å². The van der Waals surface area contributed by atoms with Crippen LogP contribution in [-0.2, 0) is 16.1 Å². The van der Waals surface area contributed by atoms with Crippen molar-refractivity contribution in [1.29, 1.82) is 0 Å². The van der Waals surface area contributed by atoms with Crippen LogP contribution in [0.2, 0.25) is 0 Å². The second kappa shape index (κ2) is 12.1. The average molecular weight is 459 g/mol. The van der Waals surface area contributed by atoms with Gasteiger partial charge in [-0.15, -0.1) is 24.0 Å². The fraction of sp³-hybridized carbons (Fsp3) is 0.579. The standard InChI is InChI=1S/C19H29N3O2.HI/c1-15-7-5-8-16(13-15)14-22-19(20-2)21-12-6-11-18(23)24-17-9-3-4-10-17;/h5,7-8,13,17H,3-4,6,9-12,14H2,1-2H3,(H2,20,21,22);1H. The van der Waals surface area contributed by atoms with Gasteiger partial charge in [0.1, 0.15) is 6.10 Å². The maximum Gasteiger partial charge on any atom is 0.306 e. The molecule has 25 heavy (non-hydrogen) atoms. The van der Waals surface area contributed by atoms with Gasteiger partial charge in [-0.25, -0.2) is 0 Å². The van der Waals surface area contributed by atoms with Gasteiger partial charge in [0, 0.05) is 26.6 Å². The van der Waals surface area contributed by atoms with Gasteiger partial charge in [0.25, 0.3) is 0 Å². The molecule has 0 heterocycles. The van der Waals surface area contributed by atoms with E-state index in [1.54, 1.807) is 7.05 Å². The number of hydrogen-bond donors (Lipinski definition) is 2. The van der Waals surface area contributed by atoms with Crippen molar-refractivity contribution < 1.29 is 9.53 Å². The summed E-state index contributed by atoms with van der Waals surface area (Å²) in [7, 11) is 1.75. The van der Waals surface area contributed by atoms with Crippen LogP contribution in [0.5, 0.6) is 0 Å². The molecule has 0 unspecified atom stereocenters. The highest BCUT2D eigenvalue weighted by atomic mass is 127. The minimum Gasteiger partial charge on any atom is -0.462 e. The maximum absolute atomic E-state index is 11.8. The summed E-state index contributed by atoms with van der Waals surface area (Å²) in [5.41, 5.74) is 2.47. The molecule has 0 aliphatic heterocycles. The topological polar surface area (TPSA) is 62.7 Å². The van der Waals surface area contributed by atoms with E-state index in [-0.39, 0.29) is 36.0 Å². The number of ether oxygens (including phenoxy) is 1. The highest BCUT2D eigenvalue weighted by Crippen LogP contribution is 2.21. The summed E-state index contributed by atoms with van der Waals surface area (Å²) in [6.07, 6.45) is 5.79. The van der Waals surface area contributed by atoms with Crippen molar-refractivity contribution in [2.75, 3.05) is 13.6 Å². The number of carbonyl (C=O) groups is 1. The molecule has 0 aromatic heterocycles. The maximum atomic E-state index is 11.8. The number of esters is 1. The molecule has 0 atom stereocenters. The van der Waals surface area contributed by atoms with Crippen LogP contribution in [0.4, 0.5) is 0 Å². The first-order chi connectivity index (χ1) is 11.7. The van der Waals surface area contributed by atoms with Gasteiger partial charge in [-0.05, 0) is 44.6 Å². The number of carbonyl (C=O) groups excluding carboxylic acids is 1. The summed E-state index contributed by atoms with van der Waals surface area (Å²) in [5.74, 6) is 0.673. The number of halogens is 1. The summed E-state index contributed by atoms with van der Waals surface area (Å²) in [5, 5.41) is 6.52. The van der Waals surface area contributed by atoms with Gasteiger partial charge < -0.3 is 15.4 Å². The van der Waals surface area contributed by atoms with Gasteiger partial charge in [0.2, 0.25) is 0 Å². The molecule has 2 N–H and O–H groups in total. The number of nitrogens with one attached hydrogen (secondary N) is 2. The Morgan fingerprint density at radius 2 is 2.04 bits per heavy atom. The molecular weight excluding hydrogens is 429 g/mol. The lowest BCUT2D eigenvalue weighted by molar-refractivity contribution is -0.148. The molecule has 0 bridgehead atoms. The zero-order chi connectivity index (χ0) is 17.2. The number of hydrogen-bond acceptors (Lipinski definition) is 3. The Bertz CT molecular complexity index is 557. The van der Waals surface area contributed by atoms with Gasteiger partial charge in [-0.3, -0.25) is 9.79 Å². The molecule has 0 amide bonds. The molecule has 0 saturated heterocycles. The third kappa shape index (κ3) is 8.56. The molecule has 6 heteroatoms. The lowest BCUT2D eigenvalue weighted by atomic mass is 10.1. The van der Waals surface area contributed by atoms with Crippen molar-refractivity contribution in [3.8, 4) is 0 Å². The number of aryl methyl sites for hydroxylation is 1. The summed E-state index contributed by atoms with van der Waals surface area (Å²) >= 11 is 0. The van der Waals surface area contributed by atoms with E-state index >= 15 is 0 Å². The van der Waals surface area contributed by atoms with Crippen LogP contribution in [0.25, 0.3) is 0 Å². The molecule has 1 fully saturated rings. The van der Waals surface area contributed by atoms with Gasteiger partial charge >= 0.3 is 5.97 Å². The first-order valence-corrected chi connectivity index (χ1v) is 8.87. The zero-order valence-corrected chi connectivity index (χ0v) is 17.5. The van der Waals surface area contributed by atoms with E-state index in [9.17, 15) is 4.79 Å². The van der Waals surface area contributed by atoms with Gasteiger partial charge in [0.05, 0.1) is 0 Å². The predicted molar refractivity (Wildman–Crippen MR) is 112 cm³/mol. The third-order valence-corrected chi connectivity index (χ3v) is 4.22. The van der Waals surface area contributed by atoms with E-state index in [1.807, 2.05) is 0 Å². The predicted octanol–water partition coefficient (Wildman–Crippen LogP) is 3.54. The summed E-state index contributed by atoms with van der Waals surface area (Å²) in [4.78, 5) is 16.0. The van der Waals surface area contributed by atoms with E-state index in [0.29, 0.717) is 13.0 Å². The molecule has 5 nitrogen and oxygen atoms in total. The van der Waals surface area contributed by atoms with Gasteiger partial charge in [-0.1, -0.05) is 29.8 Å². The quantitative estimate of drug-likeness (QED) is 0.215. The Morgan fingerprint density at radius 3 is 2.72 bits per heavy atom. The number of benzene rings is 1. The van der Waals surface area contributed by atoms with Crippen molar-refractivity contribution in [1.82, 2.24) is 10.6 Å². The molecule has 1 aromatic carbocycles. The first-order valence-electron chi connectivity index (χ1n) is 8.87. The molecule has 0 spiro atoms. The first kappa shape index (κ1) is 21.7. The lowest BCUT2D eigenvalue weighted by Gasteiger charge is -2.13. The fourth-order valence-electron chi connectivity index (χ4n) is 2.92. The molecule has 2 rings (SSSR count). The Kier molecular flexibility index (Phi) is 10.5. The van der Waals surface area contributed by atoms with Crippen molar-refractivity contribution in [3.63, 3.8) is 0 Å². The Labute approximate surface area is 168 Å². The van der Waals surface area contributed by atoms with Crippen LogP contribution in [0, 0.1) is 6.92 Å². The van der Waals surface area contributed by atoms with Crippen molar-refractivity contribution in [3.05, 3.63) is 35.4 Å². The van der Waals surface area contributed by atoms with E-state index in [0.717, 1.165) is 31.8 Å². The van der Waals surface area contributed by atoms with Gasteiger partial charge in [0.15, 0.2) is 5.96 Å². The second-order valence-electron chi connectivity index (χ2n) is 6.34. The molecule has 0 radical (unpaired) electrons. The lowest BCUT2D eigenvalue weighted by Crippen LogP contribution is -2.37. The highest BCUT2D eigenvalue weighted by molar-refractivity contribution is 14.0. The summed E-state index contributed by atoms with van der Waals surface area (Å²) < 4.78 is 5.45. The van der Waals surface area contributed by atoms with Crippen molar-refractivity contribution in [2.24, 2.45) is 4.99 Å². The van der Waals surface area contributed by atoms with Crippen molar-refractivity contribution >= 4 is 35.9 Å². The summed E-state index contributed by atoms with van der Waals surface area (Å²) in [6.45, 7) is 3.51. The SMILES string of the molecule is CN=C(NCCCC(=O)OC1CCCC1)NCc1cccc(C)c1.I. The minimum atomic E-state index is -0.0774. The monoisotopic (exact) mass is 459 g/mol. The molecule has 140 valence electrons. The highest BCUT2D eigenvalue weighted by Gasteiger charge is 2.18. The van der Waals surface area contributed by atoms with Crippen LogP contribution < -0.4 is 10.6 Å². The van der Waals surface area contributed by atoms with Crippen LogP contribution >= 0.6 is 24.0 Å². The molecule has 1 aliphatic rings. The summed E-state index contributed by atoms with van der Waals surface area (Å²) in [6, 6.07) is 8.38. The number of nitrogens with zero attached hydrogens (tertiary/aromatic N) is 1. The number of aliphatic imine (C=N–C) groups is 1. The zero-order valence-electron chi connectivity index (χ0n) is 15.2. The van der Waals surface area contributed by atoms with Crippen LogP contribution in [0.1, 0.15) is 49.7 Å². The van der Waals surface area contributed by atoms with E-state index in [2.05, 4.69) is 46.8 Å². The normalized spacial score (nSPS) is 14.7. The molecular formula is C19H30IN3O2. The fourth-order valence-corrected chi connectivity index (χ4v) is 2.92. The van der Waals surface area contributed by atoms with E-state index in [1.165, 1.54) is 24.0 Å². The number of guanidine groups is 1. The molecule has 1 aliphatic carbocycles. The van der Waals surface area contributed by atoms with Crippen LogP contribution in [0.3, 0.4) is 0 Å². The molecule has 1 saturated carbocycles. The minimum absolute atomic E-state index is 0. The van der Waals surface area contributed by atoms with Crippen LogP contribution in [-0.4, -0.2) is 31.6 Å².